The van der Waals surface area contributed by atoms with Crippen LogP contribution in [-0.2, 0) is 0 Å². The van der Waals surface area contributed by atoms with E-state index in [9.17, 15) is 9.90 Å². The molecule has 0 bridgehead atoms. The van der Waals surface area contributed by atoms with E-state index >= 15 is 0 Å². The van der Waals surface area contributed by atoms with Crippen molar-refractivity contribution in [1.29, 1.82) is 0 Å². The summed E-state index contributed by atoms with van der Waals surface area (Å²) in [6.45, 7) is 0. The topological polar surface area (TPSA) is 75.4 Å². The van der Waals surface area contributed by atoms with Crippen molar-refractivity contribution >= 4 is 39.1 Å². The molecule has 1 amide bonds. The highest BCUT2D eigenvalue weighted by molar-refractivity contribution is 9.10. The summed E-state index contributed by atoms with van der Waals surface area (Å²) in [7, 11) is 0. The van der Waals surface area contributed by atoms with Crippen molar-refractivity contribution in [2.45, 2.75) is 0 Å². The van der Waals surface area contributed by atoms with Crippen molar-refractivity contribution in [1.82, 2.24) is 5.16 Å². The number of phenolic OH excluding ortho intramolecular Hbond substituents is 1. The number of hydrogen-bond acceptors (Lipinski definition) is 4. The number of nitrogens with zero attached hydrogens (tertiary/aromatic N) is 1. The Morgan fingerprint density at radius 3 is 2.65 bits per heavy atom. The van der Waals surface area contributed by atoms with Gasteiger partial charge in [-0.1, -0.05) is 32.7 Å². The van der Waals surface area contributed by atoms with E-state index in [1.165, 1.54) is 12.1 Å². The lowest BCUT2D eigenvalue weighted by molar-refractivity contribution is 0.101. The minimum atomic E-state index is -0.484. The first-order valence-electron chi connectivity index (χ1n) is 6.55. The van der Waals surface area contributed by atoms with Crippen LogP contribution in [0.1, 0.15) is 10.5 Å². The fraction of sp³-hybridized carbons (Fsp3) is 0. The molecule has 7 heteroatoms. The quantitative estimate of drug-likeness (QED) is 0.632. The normalized spacial score (nSPS) is 10.5. The number of carbonyl (C=O) groups is 1. The van der Waals surface area contributed by atoms with Crippen molar-refractivity contribution in [3.63, 3.8) is 0 Å². The van der Waals surface area contributed by atoms with E-state index in [1.807, 2.05) is 0 Å². The number of aromatic hydroxyl groups is 1. The molecule has 0 fully saturated rings. The largest absolute Gasteiger partial charge is 0.506 e. The Morgan fingerprint density at radius 2 is 1.91 bits per heavy atom. The Labute approximate surface area is 145 Å². The van der Waals surface area contributed by atoms with E-state index in [-0.39, 0.29) is 17.1 Å². The fourth-order valence-electron chi connectivity index (χ4n) is 1.93. The molecule has 0 saturated heterocycles. The van der Waals surface area contributed by atoms with Gasteiger partial charge in [-0.25, -0.2) is 0 Å². The average Bonchev–Trinajstić information content (AvgIpc) is 3.02. The molecule has 2 aromatic carbocycles. The standard InChI is InChI=1S/C16H10BrClN2O3/c17-10-3-6-14(21)12(7-10)19-16(22)13-8-15(23-20-13)9-1-4-11(18)5-2-9/h1-8,21H,(H,19,22). The molecule has 0 radical (unpaired) electrons. The first-order valence-corrected chi connectivity index (χ1v) is 7.72. The molecular formula is C16H10BrClN2O3. The van der Waals surface area contributed by atoms with Crippen LogP contribution in [0.5, 0.6) is 5.75 Å². The zero-order valence-electron chi connectivity index (χ0n) is 11.6. The van der Waals surface area contributed by atoms with Gasteiger partial charge in [0.1, 0.15) is 5.75 Å². The Morgan fingerprint density at radius 1 is 1.17 bits per heavy atom. The maximum atomic E-state index is 12.2. The number of benzene rings is 2. The van der Waals surface area contributed by atoms with Crippen molar-refractivity contribution in [3.8, 4) is 17.1 Å². The van der Waals surface area contributed by atoms with Gasteiger partial charge in [-0.2, -0.15) is 0 Å². The minimum absolute atomic E-state index is 0.0389. The predicted octanol–water partition coefficient (Wildman–Crippen LogP) is 4.72. The number of amides is 1. The Balaban J connectivity index is 1.81. The summed E-state index contributed by atoms with van der Waals surface area (Å²) in [6.07, 6.45) is 0. The molecule has 0 spiro atoms. The fourth-order valence-corrected chi connectivity index (χ4v) is 2.41. The van der Waals surface area contributed by atoms with Gasteiger partial charge >= 0.3 is 0 Å². The molecule has 0 aliphatic carbocycles. The number of rotatable bonds is 3. The highest BCUT2D eigenvalue weighted by Crippen LogP contribution is 2.28. The first-order chi connectivity index (χ1) is 11.0. The zero-order chi connectivity index (χ0) is 16.4. The highest BCUT2D eigenvalue weighted by atomic mass is 79.9. The lowest BCUT2D eigenvalue weighted by atomic mass is 10.1. The number of hydrogen-bond donors (Lipinski definition) is 2. The maximum absolute atomic E-state index is 12.2. The molecule has 0 aliphatic rings. The molecule has 0 aliphatic heterocycles. The van der Waals surface area contributed by atoms with E-state index in [0.29, 0.717) is 10.8 Å². The van der Waals surface area contributed by atoms with Crippen LogP contribution in [0.2, 0.25) is 5.02 Å². The molecule has 0 saturated carbocycles. The third kappa shape index (κ3) is 3.55. The van der Waals surface area contributed by atoms with Crippen molar-refractivity contribution in [2.75, 3.05) is 5.32 Å². The highest BCUT2D eigenvalue weighted by Gasteiger charge is 2.15. The van der Waals surface area contributed by atoms with Crippen LogP contribution in [0.15, 0.2) is 57.5 Å². The van der Waals surface area contributed by atoms with Gasteiger partial charge in [0, 0.05) is 21.1 Å². The van der Waals surface area contributed by atoms with E-state index in [0.717, 1.165) is 10.0 Å². The minimum Gasteiger partial charge on any atom is -0.506 e. The summed E-state index contributed by atoms with van der Waals surface area (Å²) in [5, 5.41) is 16.7. The summed E-state index contributed by atoms with van der Waals surface area (Å²) in [4.78, 5) is 12.2. The van der Waals surface area contributed by atoms with Gasteiger partial charge in [0.15, 0.2) is 11.5 Å². The smallest absolute Gasteiger partial charge is 0.277 e. The Bertz CT molecular complexity index is 862. The summed E-state index contributed by atoms with van der Waals surface area (Å²) >= 11 is 9.11. The molecule has 3 rings (SSSR count). The Kier molecular flexibility index (Phi) is 4.36. The Hall–Kier alpha value is -2.31. The van der Waals surface area contributed by atoms with Crippen LogP contribution in [0, 0.1) is 0 Å². The molecule has 0 unspecified atom stereocenters. The molecule has 2 N–H and O–H groups in total. The zero-order valence-corrected chi connectivity index (χ0v) is 13.9. The van der Waals surface area contributed by atoms with E-state index < -0.39 is 5.91 Å². The summed E-state index contributed by atoms with van der Waals surface area (Å²) in [6, 6.07) is 13.2. The van der Waals surface area contributed by atoms with Crippen LogP contribution in [0.3, 0.4) is 0 Å². The number of nitrogens with one attached hydrogen (secondary N) is 1. The predicted molar refractivity (Wildman–Crippen MR) is 90.7 cm³/mol. The van der Waals surface area contributed by atoms with Crippen LogP contribution in [0.25, 0.3) is 11.3 Å². The van der Waals surface area contributed by atoms with Crippen molar-refractivity contribution in [2.24, 2.45) is 0 Å². The van der Waals surface area contributed by atoms with Gasteiger partial charge in [-0.3, -0.25) is 4.79 Å². The maximum Gasteiger partial charge on any atom is 0.277 e. The van der Waals surface area contributed by atoms with Crippen LogP contribution < -0.4 is 5.32 Å². The molecule has 1 heterocycles. The van der Waals surface area contributed by atoms with Crippen molar-refractivity contribution in [3.05, 3.63) is 63.7 Å². The number of phenols is 1. The monoisotopic (exact) mass is 392 g/mol. The lowest BCUT2D eigenvalue weighted by Gasteiger charge is -2.05. The van der Waals surface area contributed by atoms with Gasteiger partial charge in [-0.15, -0.1) is 0 Å². The van der Waals surface area contributed by atoms with Gasteiger partial charge in [0.05, 0.1) is 5.69 Å². The average molecular weight is 394 g/mol. The van der Waals surface area contributed by atoms with Crippen LogP contribution >= 0.6 is 27.5 Å². The third-order valence-electron chi connectivity index (χ3n) is 3.08. The second kappa shape index (κ2) is 6.44. The molecule has 5 nitrogen and oxygen atoms in total. The number of carbonyl (C=O) groups excluding carboxylic acids is 1. The molecule has 116 valence electrons. The van der Waals surface area contributed by atoms with E-state index in [1.54, 1.807) is 36.4 Å². The second-order valence-corrected chi connectivity index (χ2v) is 6.05. The summed E-state index contributed by atoms with van der Waals surface area (Å²) in [5.74, 6) is -0.0735. The molecule has 0 atom stereocenters. The number of anilines is 1. The van der Waals surface area contributed by atoms with Gasteiger partial charge in [0.2, 0.25) is 0 Å². The van der Waals surface area contributed by atoms with E-state index in [2.05, 4.69) is 26.4 Å². The number of halogens is 2. The van der Waals surface area contributed by atoms with E-state index in [4.69, 9.17) is 16.1 Å². The third-order valence-corrected chi connectivity index (χ3v) is 3.82. The SMILES string of the molecule is O=C(Nc1cc(Br)ccc1O)c1cc(-c2ccc(Cl)cc2)on1. The van der Waals surface area contributed by atoms with Crippen molar-refractivity contribution < 1.29 is 14.4 Å². The molecule has 1 aromatic heterocycles. The first kappa shape index (κ1) is 15.6. The molecular weight excluding hydrogens is 384 g/mol. The van der Waals surface area contributed by atoms with Gasteiger partial charge in [-0.05, 0) is 42.5 Å². The molecule has 3 aromatic rings. The summed E-state index contributed by atoms with van der Waals surface area (Å²) in [5.41, 5.74) is 1.14. The number of aromatic nitrogens is 1. The second-order valence-electron chi connectivity index (χ2n) is 4.70. The summed E-state index contributed by atoms with van der Waals surface area (Å²) < 4.78 is 5.91. The molecule has 23 heavy (non-hydrogen) atoms. The van der Waals surface area contributed by atoms with Crippen LogP contribution in [-0.4, -0.2) is 16.2 Å². The van der Waals surface area contributed by atoms with Crippen LogP contribution in [0.4, 0.5) is 5.69 Å². The lowest BCUT2D eigenvalue weighted by Crippen LogP contribution is -2.12. The van der Waals surface area contributed by atoms with Gasteiger partial charge < -0.3 is 14.9 Å². The van der Waals surface area contributed by atoms with Gasteiger partial charge in [0.25, 0.3) is 5.91 Å².